The van der Waals surface area contributed by atoms with Gasteiger partial charge in [-0.15, -0.1) is 0 Å². The second-order valence-electron chi connectivity index (χ2n) is 8.81. The first kappa shape index (κ1) is 21.6. The highest BCUT2D eigenvalue weighted by atomic mass is 16.5. The van der Waals surface area contributed by atoms with Gasteiger partial charge >= 0.3 is 0 Å². The van der Waals surface area contributed by atoms with Crippen molar-refractivity contribution in [2.75, 3.05) is 13.7 Å². The van der Waals surface area contributed by atoms with Crippen LogP contribution in [-0.4, -0.2) is 46.5 Å². The van der Waals surface area contributed by atoms with Gasteiger partial charge in [0.2, 0.25) is 11.8 Å². The summed E-state index contributed by atoms with van der Waals surface area (Å²) in [7, 11) is 1.60. The molecule has 0 fully saturated rings. The number of ether oxygens (including phenoxy) is 2. The Balaban J connectivity index is 2.04. The molecule has 0 saturated heterocycles. The fraction of sp³-hybridized carbons (Fsp3) is 0.435. The van der Waals surface area contributed by atoms with Crippen LogP contribution in [0.2, 0.25) is 0 Å². The molecule has 2 heterocycles. The minimum absolute atomic E-state index is 0.000259. The van der Waals surface area contributed by atoms with Gasteiger partial charge < -0.3 is 19.7 Å². The molecular formula is C23H29N3O4. The van der Waals surface area contributed by atoms with E-state index in [4.69, 9.17) is 9.47 Å². The van der Waals surface area contributed by atoms with E-state index in [1.165, 1.54) is 0 Å². The van der Waals surface area contributed by atoms with Crippen molar-refractivity contribution in [3.05, 3.63) is 53.2 Å². The topological polar surface area (TPSA) is 80.8 Å². The van der Waals surface area contributed by atoms with E-state index >= 15 is 0 Å². The van der Waals surface area contributed by atoms with Crippen LogP contribution >= 0.6 is 0 Å². The molecule has 2 aromatic rings. The van der Waals surface area contributed by atoms with Crippen LogP contribution in [0, 0.1) is 6.92 Å². The summed E-state index contributed by atoms with van der Waals surface area (Å²) in [5.74, 6) is 0.410. The number of nitrogens with zero attached hydrogens (tertiary/aromatic N) is 2. The summed E-state index contributed by atoms with van der Waals surface area (Å²) in [6, 6.07) is 10.9. The first-order chi connectivity index (χ1) is 14.0. The standard InChI is InChI=1S/C23H29N3O4/c1-15-7-12-18-19(24-15)30-14-23(5,21(28)25-22(2,3)4)26(20(18)27)13-16-8-10-17(29-6)11-9-16/h7-12H,13-14H2,1-6H3,(H,25,28). The number of pyridine rings is 1. The summed E-state index contributed by atoms with van der Waals surface area (Å²) in [4.78, 5) is 32.8. The Morgan fingerprint density at radius 1 is 1.23 bits per heavy atom. The SMILES string of the molecule is COc1ccc(CN2C(=O)c3ccc(C)nc3OCC2(C)C(=O)NC(C)(C)C)cc1. The summed E-state index contributed by atoms with van der Waals surface area (Å²) < 4.78 is 11.1. The van der Waals surface area contributed by atoms with Crippen LogP contribution in [-0.2, 0) is 11.3 Å². The lowest BCUT2D eigenvalue weighted by atomic mass is 9.95. The third kappa shape index (κ3) is 4.40. The molecule has 1 N–H and O–H groups in total. The van der Waals surface area contributed by atoms with E-state index in [9.17, 15) is 9.59 Å². The molecule has 0 spiro atoms. The number of carbonyl (C=O) groups excluding carboxylic acids is 2. The van der Waals surface area contributed by atoms with Gasteiger partial charge in [0.1, 0.15) is 17.9 Å². The van der Waals surface area contributed by atoms with Crippen LogP contribution in [0.15, 0.2) is 36.4 Å². The van der Waals surface area contributed by atoms with Crippen molar-refractivity contribution in [1.29, 1.82) is 0 Å². The number of aryl methyl sites for hydroxylation is 1. The highest BCUT2D eigenvalue weighted by Crippen LogP contribution is 2.31. The fourth-order valence-electron chi connectivity index (χ4n) is 3.29. The van der Waals surface area contributed by atoms with Gasteiger partial charge in [0, 0.05) is 17.8 Å². The minimum atomic E-state index is -1.22. The predicted molar refractivity (Wildman–Crippen MR) is 114 cm³/mol. The van der Waals surface area contributed by atoms with Crippen LogP contribution in [0.5, 0.6) is 11.6 Å². The lowest BCUT2D eigenvalue weighted by molar-refractivity contribution is -0.134. The zero-order valence-corrected chi connectivity index (χ0v) is 18.4. The molecule has 2 amide bonds. The monoisotopic (exact) mass is 411 g/mol. The van der Waals surface area contributed by atoms with Crippen molar-refractivity contribution in [3.8, 4) is 11.6 Å². The van der Waals surface area contributed by atoms with Crippen molar-refractivity contribution in [2.24, 2.45) is 0 Å². The molecule has 0 bridgehead atoms. The molecule has 1 aromatic carbocycles. The van der Waals surface area contributed by atoms with E-state index in [0.717, 1.165) is 17.0 Å². The third-order valence-corrected chi connectivity index (χ3v) is 5.04. The van der Waals surface area contributed by atoms with Gasteiger partial charge in [0.25, 0.3) is 5.91 Å². The number of fused-ring (bicyclic) bond motifs is 1. The number of nitrogens with one attached hydrogen (secondary N) is 1. The first-order valence-electron chi connectivity index (χ1n) is 9.91. The Labute approximate surface area is 177 Å². The number of aromatic nitrogens is 1. The molecule has 0 aliphatic carbocycles. The predicted octanol–water partition coefficient (Wildman–Crippen LogP) is 3.11. The summed E-state index contributed by atoms with van der Waals surface area (Å²) in [6.07, 6.45) is 0. The first-order valence-corrected chi connectivity index (χ1v) is 9.91. The zero-order chi connectivity index (χ0) is 22.1. The number of rotatable bonds is 4. The average molecular weight is 412 g/mol. The van der Waals surface area contributed by atoms with E-state index in [2.05, 4.69) is 10.3 Å². The molecule has 0 saturated carbocycles. The zero-order valence-electron chi connectivity index (χ0n) is 18.4. The number of hydrogen-bond donors (Lipinski definition) is 1. The van der Waals surface area contributed by atoms with Crippen LogP contribution in [0.3, 0.4) is 0 Å². The molecule has 1 unspecified atom stereocenters. The number of benzene rings is 1. The van der Waals surface area contributed by atoms with Crippen molar-refractivity contribution in [2.45, 2.75) is 52.2 Å². The van der Waals surface area contributed by atoms with Crippen molar-refractivity contribution < 1.29 is 19.1 Å². The van der Waals surface area contributed by atoms with Crippen molar-refractivity contribution in [1.82, 2.24) is 15.2 Å². The van der Waals surface area contributed by atoms with Gasteiger partial charge in [-0.25, -0.2) is 4.98 Å². The Morgan fingerprint density at radius 2 is 1.90 bits per heavy atom. The molecular weight excluding hydrogens is 382 g/mol. The number of hydrogen-bond acceptors (Lipinski definition) is 5. The van der Waals surface area contributed by atoms with Gasteiger partial charge in [-0.1, -0.05) is 12.1 Å². The lowest BCUT2D eigenvalue weighted by Crippen LogP contribution is -2.63. The molecule has 160 valence electrons. The van der Waals surface area contributed by atoms with E-state index in [0.29, 0.717) is 5.56 Å². The van der Waals surface area contributed by atoms with Crippen LogP contribution < -0.4 is 14.8 Å². The van der Waals surface area contributed by atoms with Crippen molar-refractivity contribution in [3.63, 3.8) is 0 Å². The Morgan fingerprint density at radius 3 is 2.50 bits per heavy atom. The maximum Gasteiger partial charge on any atom is 0.260 e. The Bertz CT molecular complexity index is 950. The smallest absolute Gasteiger partial charge is 0.260 e. The summed E-state index contributed by atoms with van der Waals surface area (Å²) in [5, 5.41) is 3.00. The summed E-state index contributed by atoms with van der Waals surface area (Å²) in [5.41, 5.74) is 0.289. The highest BCUT2D eigenvalue weighted by molar-refractivity contribution is 6.01. The van der Waals surface area contributed by atoms with Crippen molar-refractivity contribution >= 4 is 11.8 Å². The van der Waals surface area contributed by atoms with Gasteiger partial charge in [-0.2, -0.15) is 0 Å². The number of carbonyl (C=O) groups is 2. The van der Waals surface area contributed by atoms with Gasteiger partial charge in [0.05, 0.1) is 7.11 Å². The van der Waals surface area contributed by atoms with Gasteiger partial charge in [0.15, 0.2) is 5.54 Å². The Hall–Kier alpha value is -3.09. The van der Waals surface area contributed by atoms with Gasteiger partial charge in [-0.05, 0) is 64.4 Å². The largest absolute Gasteiger partial charge is 0.497 e. The summed E-state index contributed by atoms with van der Waals surface area (Å²) >= 11 is 0. The van der Waals surface area contributed by atoms with E-state index < -0.39 is 11.1 Å². The quantitative estimate of drug-likeness (QED) is 0.836. The Kier molecular flexibility index (Phi) is 5.74. The maximum atomic E-state index is 13.6. The average Bonchev–Trinajstić information content (AvgIpc) is 2.78. The number of methoxy groups -OCH3 is 1. The fourth-order valence-corrected chi connectivity index (χ4v) is 3.29. The normalized spacial score (nSPS) is 18.9. The molecule has 3 rings (SSSR count). The molecule has 7 heteroatoms. The molecule has 1 aliphatic rings. The highest BCUT2D eigenvalue weighted by Gasteiger charge is 2.47. The number of amides is 2. The van der Waals surface area contributed by atoms with E-state index in [1.54, 1.807) is 31.1 Å². The minimum Gasteiger partial charge on any atom is -0.497 e. The molecule has 1 atom stereocenters. The van der Waals surface area contributed by atoms with Gasteiger partial charge in [-0.3, -0.25) is 9.59 Å². The lowest BCUT2D eigenvalue weighted by Gasteiger charge is -2.39. The molecule has 1 aliphatic heterocycles. The molecule has 1 aromatic heterocycles. The molecule has 0 radical (unpaired) electrons. The van der Waals surface area contributed by atoms with Crippen LogP contribution in [0.25, 0.3) is 0 Å². The summed E-state index contributed by atoms with van der Waals surface area (Å²) in [6.45, 7) is 9.52. The van der Waals surface area contributed by atoms with E-state index in [-0.39, 0.29) is 30.8 Å². The van der Waals surface area contributed by atoms with Crippen LogP contribution in [0.4, 0.5) is 0 Å². The van der Waals surface area contributed by atoms with Crippen LogP contribution in [0.1, 0.15) is 49.3 Å². The second-order valence-corrected chi connectivity index (χ2v) is 8.81. The molecule has 7 nitrogen and oxygen atoms in total. The maximum absolute atomic E-state index is 13.6. The van der Waals surface area contributed by atoms with E-state index in [1.807, 2.05) is 52.0 Å². The third-order valence-electron chi connectivity index (χ3n) is 5.04. The molecule has 30 heavy (non-hydrogen) atoms. The second kappa shape index (κ2) is 7.97.